The maximum atomic E-state index is 4.46. The zero-order chi connectivity index (χ0) is 14.7. The van der Waals surface area contributed by atoms with Crippen molar-refractivity contribution in [3.63, 3.8) is 0 Å². The van der Waals surface area contributed by atoms with Crippen molar-refractivity contribution in [2.75, 3.05) is 0 Å². The molecule has 0 saturated carbocycles. The van der Waals surface area contributed by atoms with E-state index in [-0.39, 0.29) is 0 Å². The van der Waals surface area contributed by atoms with Gasteiger partial charge in [-0.3, -0.25) is 0 Å². The highest BCUT2D eigenvalue weighted by molar-refractivity contribution is 7.10. The molecule has 0 amide bonds. The average molecular weight is 303 g/mol. The minimum atomic E-state index is 0.437. The Kier molecular flexibility index (Phi) is 4.76. The van der Waals surface area contributed by atoms with Gasteiger partial charge in [0.25, 0.3) is 0 Å². The smallest absolute Gasteiger partial charge is 0.0954 e. The molecule has 0 aromatic carbocycles. The summed E-state index contributed by atoms with van der Waals surface area (Å²) in [7, 11) is 0. The normalized spacial score (nSPS) is 24.1. The summed E-state index contributed by atoms with van der Waals surface area (Å²) in [6, 6.07) is 5.91. The van der Waals surface area contributed by atoms with Crippen molar-refractivity contribution in [1.82, 2.24) is 14.9 Å². The van der Waals surface area contributed by atoms with Crippen LogP contribution in [0.1, 0.15) is 68.6 Å². The predicted molar refractivity (Wildman–Crippen MR) is 88.8 cm³/mol. The van der Waals surface area contributed by atoms with Crippen molar-refractivity contribution >= 4 is 11.3 Å². The molecule has 3 unspecified atom stereocenters. The van der Waals surface area contributed by atoms with Crippen LogP contribution in [-0.2, 0) is 0 Å². The summed E-state index contributed by atoms with van der Waals surface area (Å²) in [5.41, 5.74) is 1.36. The third-order valence-corrected chi connectivity index (χ3v) is 5.41. The standard InChI is InChI=1S/C17H25N3S/c1-3-6-15(17-9-5-10-21-17)20-12-18-11-16(20)14-8-4-7-13(2)19-14/h5,9-15,19H,3-4,6-8H2,1-2H3. The van der Waals surface area contributed by atoms with E-state index in [0.29, 0.717) is 18.1 Å². The SMILES string of the molecule is CCCC(c1cccs1)n1cncc1C1CCCC(C)N1. The molecule has 1 aliphatic rings. The summed E-state index contributed by atoms with van der Waals surface area (Å²) in [6.45, 7) is 4.55. The number of hydrogen-bond donors (Lipinski definition) is 1. The first-order chi connectivity index (χ1) is 10.3. The fourth-order valence-electron chi connectivity index (χ4n) is 3.39. The van der Waals surface area contributed by atoms with E-state index in [0.717, 1.165) is 0 Å². The van der Waals surface area contributed by atoms with Gasteiger partial charge < -0.3 is 9.88 Å². The lowest BCUT2D eigenvalue weighted by atomic mass is 9.97. The van der Waals surface area contributed by atoms with Crippen molar-refractivity contribution < 1.29 is 0 Å². The summed E-state index contributed by atoms with van der Waals surface area (Å²) in [5, 5.41) is 5.92. The molecule has 1 aliphatic heterocycles. The molecule has 0 aliphatic carbocycles. The van der Waals surface area contributed by atoms with Gasteiger partial charge in [-0.2, -0.15) is 0 Å². The van der Waals surface area contributed by atoms with Crippen LogP contribution < -0.4 is 5.32 Å². The molecule has 1 saturated heterocycles. The van der Waals surface area contributed by atoms with Gasteiger partial charge in [-0.15, -0.1) is 11.3 Å². The second-order valence-electron chi connectivity index (χ2n) is 6.10. The lowest BCUT2D eigenvalue weighted by Gasteiger charge is -2.31. The summed E-state index contributed by atoms with van der Waals surface area (Å²) in [4.78, 5) is 5.91. The number of thiophene rings is 1. The zero-order valence-corrected chi connectivity index (χ0v) is 13.8. The van der Waals surface area contributed by atoms with Gasteiger partial charge in [0, 0.05) is 23.2 Å². The lowest BCUT2D eigenvalue weighted by molar-refractivity contribution is 0.325. The molecule has 4 heteroatoms. The Morgan fingerprint density at radius 1 is 1.48 bits per heavy atom. The highest BCUT2D eigenvalue weighted by Crippen LogP contribution is 2.32. The monoisotopic (exact) mass is 303 g/mol. The maximum Gasteiger partial charge on any atom is 0.0954 e. The van der Waals surface area contributed by atoms with E-state index >= 15 is 0 Å². The van der Waals surface area contributed by atoms with E-state index in [1.54, 1.807) is 0 Å². The molecule has 0 bridgehead atoms. The minimum Gasteiger partial charge on any atom is -0.325 e. The van der Waals surface area contributed by atoms with Crippen molar-refractivity contribution in [3.8, 4) is 0 Å². The number of nitrogens with one attached hydrogen (secondary N) is 1. The van der Waals surface area contributed by atoms with Gasteiger partial charge in [0.05, 0.1) is 18.1 Å². The number of rotatable bonds is 5. The van der Waals surface area contributed by atoms with E-state index in [1.807, 2.05) is 17.7 Å². The molecule has 3 rings (SSSR count). The molecular formula is C17H25N3S. The summed E-state index contributed by atoms with van der Waals surface area (Å²) >= 11 is 1.86. The van der Waals surface area contributed by atoms with Crippen LogP contribution in [0.15, 0.2) is 30.0 Å². The van der Waals surface area contributed by atoms with Crippen LogP contribution in [0, 0.1) is 0 Å². The van der Waals surface area contributed by atoms with Gasteiger partial charge in [-0.05, 0) is 44.1 Å². The number of aromatic nitrogens is 2. The van der Waals surface area contributed by atoms with Crippen LogP contribution in [0.4, 0.5) is 0 Å². The molecule has 1 fully saturated rings. The van der Waals surface area contributed by atoms with Crippen LogP contribution in [-0.4, -0.2) is 15.6 Å². The molecule has 3 heterocycles. The first-order valence-corrected chi connectivity index (χ1v) is 8.98. The van der Waals surface area contributed by atoms with Gasteiger partial charge in [-0.1, -0.05) is 19.4 Å². The second-order valence-corrected chi connectivity index (χ2v) is 7.08. The summed E-state index contributed by atoms with van der Waals surface area (Å²) in [5.74, 6) is 0. The molecule has 0 spiro atoms. The van der Waals surface area contributed by atoms with Crippen LogP contribution in [0.2, 0.25) is 0 Å². The molecule has 3 atom stereocenters. The second kappa shape index (κ2) is 6.75. The molecular weight excluding hydrogens is 278 g/mol. The highest BCUT2D eigenvalue weighted by atomic mass is 32.1. The maximum absolute atomic E-state index is 4.46. The number of imidazole rings is 1. The molecule has 2 aromatic rings. The number of nitrogens with zero attached hydrogens (tertiary/aromatic N) is 2. The fraction of sp³-hybridized carbons (Fsp3) is 0.588. The van der Waals surface area contributed by atoms with E-state index in [9.17, 15) is 0 Å². The van der Waals surface area contributed by atoms with Crippen LogP contribution in [0.5, 0.6) is 0 Å². The Balaban J connectivity index is 1.89. The topological polar surface area (TPSA) is 29.9 Å². The Labute approximate surface area is 131 Å². The summed E-state index contributed by atoms with van der Waals surface area (Å²) < 4.78 is 2.41. The van der Waals surface area contributed by atoms with E-state index in [2.05, 4.69) is 52.4 Å². The van der Waals surface area contributed by atoms with Gasteiger partial charge in [0.15, 0.2) is 0 Å². The molecule has 21 heavy (non-hydrogen) atoms. The van der Waals surface area contributed by atoms with Gasteiger partial charge in [0.2, 0.25) is 0 Å². The van der Waals surface area contributed by atoms with E-state index in [1.165, 1.54) is 42.7 Å². The quantitative estimate of drug-likeness (QED) is 0.879. The van der Waals surface area contributed by atoms with Crippen molar-refractivity contribution in [2.24, 2.45) is 0 Å². The van der Waals surface area contributed by atoms with Crippen LogP contribution in [0.25, 0.3) is 0 Å². The van der Waals surface area contributed by atoms with Crippen molar-refractivity contribution in [3.05, 3.63) is 40.6 Å². The largest absolute Gasteiger partial charge is 0.325 e. The van der Waals surface area contributed by atoms with Crippen molar-refractivity contribution in [2.45, 2.75) is 64.1 Å². The first kappa shape index (κ1) is 14.8. The minimum absolute atomic E-state index is 0.437. The van der Waals surface area contributed by atoms with Gasteiger partial charge in [0.1, 0.15) is 0 Å². The van der Waals surface area contributed by atoms with E-state index < -0.39 is 0 Å². The molecule has 2 aromatic heterocycles. The average Bonchev–Trinajstić information content (AvgIpc) is 3.16. The van der Waals surface area contributed by atoms with Crippen LogP contribution >= 0.6 is 11.3 Å². The molecule has 114 valence electrons. The molecule has 0 radical (unpaired) electrons. The Bertz CT molecular complexity index is 546. The lowest BCUT2D eigenvalue weighted by Crippen LogP contribution is -2.36. The predicted octanol–water partition coefficient (Wildman–Crippen LogP) is 4.54. The number of hydrogen-bond acceptors (Lipinski definition) is 3. The Morgan fingerprint density at radius 2 is 2.38 bits per heavy atom. The highest BCUT2D eigenvalue weighted by Gasteiger charge is 2.25. The summed E-state index contributed by atoms with van der Waals surface area (Å²) in [6.07, 6.45) is 10.3. The third-order valence-electron chi connectivity index (χ3n) is 4.44. The fourth-order valence-corrected chi connectivity index (χ4v) is 4.25. The van der Waals surface area contributed by atoms with Gasteiger partial charge in [-0.25, -0.2) is 4.98 Å². The van der Waals surface area contributed by atoms with E-state index in [4.69, 9.17) is 0 Å². The third kappa shape index (κ3) is 3.22. The Morgan fingerprint density at radius 3 is 3.10 bits per heavy atom. The van der Waals surface area contributed by atoms with Gasteiger partial charge >= 0.3 is 0 Å². The Hall–Kier alpha value is -1.13. The molecule has 3 nitrogen and oxygen atoms in total. The van der Waals surface area contributed by atoms with Crippen LogP contribution in [0.3, 0.4) is 0 Å². The first-order valence-electron chi connectivity index (χ1n) is 8.10. The molecule has 1 N–H and O–H groups in total. The zero-order valence-electron chi connectivity index (χ0n) is 13.0. The number of piperidine rings is 1. The van der Waals surface area contributed by atoms with Crippen molar-refractivity contribution in [1.29, 1.82) is 0 Å².